The van der Waals surface area contributed by atoms with E-state index in [4.69, 9.17) is 11.6 Å². The van der Waals surface area contributed by atoms with Crippen molar-refractivity contribution in [2.45, 2.75) is 25.4 Å². The Bertz CT molecular complexity index is 1210. The molecule has 172 valence electrons. The molecule has 1 aliphatic rings. The van der Waals surface area contributed by atoms with E-state index in [1.807, 2.05) is 30.3 Å². The van der Waals surface area contributed by atoms with Crippen molar-refractivity contribution >= 4 is 29.1 Å². The lowest BCUT2D eigenvalue weighted by Gasteiger charge is -2.17. The molecule has 0 unspecified atom stereocenters. The fraction of sp³-hybridized carbons (Fsp3) is 0.261. The number of hydrogen-bond donors (Lipinski definition) is 1. The number of likely N-dealkylation sites (N-methyl/N-ethyl adjacent to an activating group) is 1. The van der Waals surface area contributed by atoms with Crippen molar-refractivity contribution in [1.82, 2.24) is 14.7 Å². The third kappa shape index (κ3) is 4.73. The number of hydrogen-bond acceptors (Lipinski definition) is 3. The van der Waals surface area contributed by atoms with Gasteiger partial charge in [-0.05, 0) is 49.6 Å². The highest BCUT2D eigenvalue weighted by Gasteiger charge is 2.33. The number of alkyl halides is 3. The van der Waals surface area contributed by atoms with Gasteiger partial charge in [0.25, 0.3) is 5.91 Å². The highest BCUT2D eigenvalue weighted by Crippen LogP contribution is 2.36. The molecule has 2 amide bonds. The third-order valence-electron chi connectivity index (χ3n) is 5.42. The number of carbonyl (C=O) groups excluding carboxylic acids is 2. The molecule has 1 aromatic heterocycles. The van der Waals surface area contributed by atoms with Crippen LogP contribution in [0.3, 0.4) is 0 Å². The number of para-hydroxylation sites is 1. The number of benzene rings is 2. The van der Waals surface area contributed by atoms with Crippen LogP contribution >= 0.6 is 11.6 Å². The Hall–Kier alpha value is -3.33. The van der Waals surface area contributed by atoms with Crippen LogP contribution in [-0.4, -0.2) is 40.1 Å². The second-order valence-corrected chi connectivity index (χ2v) is 8.18. The van der Waals surface area contributed by atoms with E-state index < -0.39 is 28.6 Å². The Labute approximate surface area is 192 Å². The maximum atomic E-state index is 13.1. The summed E-state index contributed by atoms with van der Waals surface area (Å²) in [6, 6.07) is 12.6. The molecule has 1 aliphatic carbocycles. The lowest BCUT2D eigenvalue weighted by Crippen LogP contribution is -2.35. The van der Waals surface area contributed by atoms with Crippen LogP contribution in [0.5, 0.6) is 0 Å². The van der Waals surface area contributed by atoms with Gasteiger partial charge < -0.3 is 10.2 Å². The van der Waals surface area contributed by atoms with Gasteiger partial charge in [-0.25, -0.2) is 4.68 Å². The standard InChI is InChI=1S/C23H20ClF3N4O2/c1-30(13-20(32)28-14-10-11-18(24)17(12-14)23(25,26)27)22(33)21-16-8-5-9-19(16)31(29-21)15-6-3-2-4-7-15/h2-4,6-7,10-12H,5,8-9,13H2,1H3,(H,28,32). The average Bonchev–Trinajstić information content (AvgIpc) is 3.37. The number of halogens is 4. The minimum atomic E-state index is -4.65. The topological polar surface area (TPSA) is 67.2 Å². The van der Waals surface area contributed by atoms with Gasteiger partial charge in [-0.3, -0.25) is 9.59 Å². The minimum Gasteiger partial charge on any atom is -0.331 e. The molecular formula is C23H20ClF3N4O2. The van der Waals surface area contributed by atoms with Crippen LogP contribution in [0, 0.1) is 0 Å². The van der Waals surface area contributed by atoms with E-state index in [0.29, 0.717) is 6.42 Å². The predicted octanol–water partition coefficient (Wildman–Crippen LogP) is 4.74. The molecule has 0 atom stereocenters. The van der Waals surface area contributed by atoms with Gasteiger partial charge in [-0.2, -0.15) is 18.3 Å². The highest BCUT2D eigenvalue weighted by molar-refractivity contribution is 6.31. The van der Waals surface area contributed by atoms with Gasteiger partial charge in [-0.15, -0.1) is 0 Å². The summed E-state index contributed by atoms with van der Waals surface area (Å²) in [5.41, 5.74) is 1.86. The van der Waals surface area contributed by atoms with E-state index in [1.54, 1.807) is 4.68 Å². The van der Waals surface area contributed by atoms with E-state index in [-0.39, 0.29) is 17.9 Å². The lowest BCUT2D eigenvalue weighted by molar-refractivity contribution is -0.137. The summed E-state index contributed by atoms with van der Waals surface area (Å²) in [4.78, 5) is 26.7. The van der Waals surface area contributed by atoms with Gasteiger partial charge in [0.1, 0.15) is 0 Å². The first-order valence-corrected chi connectivity index (χ1v) is 10.6. The first-order valence-electron chi connectivity index (χ1n) is 10.2. The molecule has 2 aromatic carbocycles. The molecule has 0 radical (unpaired) electrons. The van der Waals surface area contributed by atoms with Crippen molar-refractivity contribution in [1.29, 1.82) is 0 Å². The van der Waals surface area contributed by atoms with Crippen molar-refractivity contribution in [2.24, 2.45) is 0 Å². The number of nitrogens with one attached hydrogen (secondary N) is 1. The number of carbonyl (C=O) groups is 2. The Morgan fingerprint density at radius 2 is 1.88 bits per heavy atom. The van der Waals surface area contributed by atoms with Gasteiger partial charge in [0.15, 0.2) is 5.69 Å². The van der Waals surface area contributed by atoms with Gasteiger partial charge in [0, 0.05) is 24.0 Å². The van der Waals surface area contributed by atoms with E-state index >= 15 is 0 Å². The van der Waals surface area contributed by atoms with Gasteiger partial charge in [0.2, 0.25) is 5.91 Å². The van der Waals surface area contributed by atoms with Crippen molar-refractivity contribution in [3.8, 4) is 5.69 Å². The summed E-state index contributed by atoms with van der Waals surface area (Å²) < 4.78 is 40.9. The molecule has 4 rings (SSSR count). The molecule has 1 heterocycles. The largest absolute Gasteiger partial charge is 0.417 e. The molecule has 3 aromatic rings. The van der Waals surface area contributed by atoms with Crippen LogP contribution in [0.4, 0.5) is 18.9 Å². The summed E-state index contributed by atoms with van der Waals surface area (Å²) in [6.45, 7) is -0.351. The van der Waals surface area contributed by atoms with E-state index in [0.717, 1.165) is 41.9 Å². The SMILES string of the molecule is CN(CC(=O)Nc1ccc(Cl)c(C(F)(F)F)c1)C(=O)c1nn(-c2ccccc2)c2c1CCC2. The number of amides is 2. The molecular weight excluding hydrogens is 457 g/mol. The quantitative estimate of drug-likeness (QED) is 0.578. The summed E-state index contributed by atoms with van der Waals surface area (Å²) in [5.74, 6) is -1.06. The second-order valence-electron chi connectivity index (χ2n) is 7.78. The van der Waals surface area contributed by atoms with Crippen LogP contribution in [0.25, 0.3) is 5.69 Å². The molecule has 33 heavy (non-hydrogen) atoms. The molecule has 0 spiro atoms. The average molecular weight is 477 g/mol. The molecule has 0 saturated heterocycles. The number of nitrogens with zero attached hydrogens (tertiary/aromatic N) is 3. The first kappa shape index (κ1) is 22.8. The van der Waals surface area contributed by atoms with Crippen molar-refractivity contribution in [2.75, 3.05) is 18.9 Å². The Morgan fingerprint density at radius 1 is 1.15 bits per heavy atom. The predicted molar refractivity (Wildman–Crippen MR) is 118 cm³/mol. The number of fused-ring (bicyclic) bond motifs is 1. The fourth-order valence-corrected chi connectivity index (χ4v) is 4.11. The fourth-order valence-electron chi connectivity index (χ4n) is 3.88. The van der Waals surface area contributed by atoms with Gasteiger partial charge in [0.05, 0.1) is 22.8 Å². The van der Waals surface area contributed by atoms with Crippen LogP contribution in [0.2, 0.25) is 5.02 Å². The van der Waals surface area contributed by atoms with Crippen molar-refractivity contribution in [3.05, 3.63) is 76.1 Å². The lowest BCUT2D eigenvalue weighted by atomic mass is 10.2. The maximum Gasteiger partial charge on any atom is 0.417 e. The highest BCUT2D eigenvalue weighted by atomic mass is 35.5. The monoisotopic (exact) mass is 476 g/mol. The first-order chi connectivity index (χ1) is 15.6. The smallest absolute Gasteiger partial charge is 0.331 e. The number of rotatable bonds is 5. The minimum absolute atomic E-state index is 0.0631. The molecule has 6 nitrogen and oxygen atoms in total. The molecule has 0 fully saturated rings. The zero-order valence-electron chi connectivity index (χ0n) is 17.6. The van der Waals surface area contributed by atoms with E-state index in [1.165, 1.54) is 18.0 Å². The second kappa shape index (κ2) is 8.90. The van der Waals surface area contributed by atoms with Crippen LogP contribution in [0.1, 0.15) is 33.7 Å². The van der Waals surface area contributed by atoms with E-state index in [9.17, 15) is 22.8 Å². The molecule has 0 saturated carbocycles. The van der Waals surface area contributed by atoms with Crippen LogP contribution < -0.4 is 5.32 Å². The Morgan fingerprint density at radius 3 is 2.58 bits per heavy atom. The number of aromatic nitrogens is 2. The van der Waals surface area contributed by atoms with Crippen LogP contribution in [-0.2, 0) is 23.8 Å². The molecule has 0 bridgehead atoms. The normalized spacial score (nSPS) is 13.0. The van der Waals surface area contributed by atoms with E-state index in [2.05, 4.69) is 10.4 Å². The zero-order valence-corrected chi connectivity index (χ0v) is 18.4. The van der Waals surface area contributed by atoms with Crippen LogP contribution in [0.15, 0.2) is 48.5 Å². The van der Waals surface area contributed by atoms with Gasteiger partial charge >= 0.3 is 6.18 Å². The third-order valence-corrected chi connectivity index (χ3v) is 5.75. The maximum absolute atomic E-state index is 13.1. The summed E-state index contributed by atoms with van der Waals surface area (Å²) in [7, 11) is 1.45. The molecule has 1 N–H and O–H groups in total. The number of anilines is 1. The van der Waals surface area contributed by atoms with Gasteiger partial charge in [-0.1, -0.05) is 29.8 Å². The summed E-state index contributed by atoms with van der Waals surface area (Å²) in [6.07, 6.45) is -2.23. The van der Waals surface area contributed by atoms with Crippen molar-refractivity contribution in [3.63, 3.8) is 0 Å². The molecule has 0 aliphatic heterocycles. The zero-order chi connectivity index (χ0) is 23.8. The summed E-state index contributed by atoms with van der Waals surface area (Å²) >= 11 is 5.61. The Kier molecular flexibility index (Phi) is 6.16. The Balaban J connectivity index is 1.49. The van der Waals surface area contributed by atoms with Crippen molar-refractivity contribution < 1.29 is 22.8 Å². The molecule has 10 heteroatoms. The summed E-state index contributed by atoms with van der Waals surface area (Å²) in [5, 5.41) is 6.44.